The molecule has 0 spiro atoms. The van der Waals surface area contributed by atoms with Crippen LogP contribution in [0.25, 0.3) is 10.2 Å². The number of hydrogen-bond acceptors (Lipinski definition) is 6. The lowest BCUT2D eigenvalue weighted by Crippen LogP contribution is -2.49. The molecule has 1 aromatic carbocycles. The topological polar surface area (TPSA) is 58.6 Å². The lowest BCUT2D eigenvalue weighted by Gasteiger charge is -2.36. The number of para-hydroxylation sites is 1. The van der Waals surface area contributed by atoms with Crippen LogP contribution in [0.4, 0.5) is 5.82 Å². The Bertz CT molecular complexity index is 1180. The highest BCUT2D eigenvalue weighted by atomic mass is 32.1. The zero-order valence-corrected chi connectivity index (χ0v) is 21.3. The zero-order chi connectivity index (χ0) is 23.7. The Labute approximate surface area is 206 Å². The number of aryl methyl sites for hydroxylation is 2. The summed E-state index contributed by atoms with van der Waals surface area (Å²) >= 11 is 1.88. The molecule has 1 aliphatic carbocycles. The van der Waals surface area contributed by atoms with Crippen LogP contribution < -0.4 is 9.64 Å². The molecule has 34 heavy (non-hydrogen) atoms. The second kappa shape index (κ2) is 9.90. The van der Waals surface area contributed by atoms with Gasteiger partial charge >= 0.3 is 0 Å². The largest absolute Gasteiger partial charge is 0.496 e. The molecule has 180 valence electrons. The van der Waals surface area contributed by atoms with Gasteiger partial charge in [0.1, 0.15) is 22.2 Å². The van der Waals surface area contributed by atoms with Gasteiger partial charge in [0.05, 0.1) is 18.1 Å². The first-order valence-corrected chi connectivity index (χ1v) is 13.4. The van der Waals surface area contributed by atoms with E-state index in [1.165, 1.54) is 35.1 Å². The molecule has 0 radical (unpaired) electrons. The summed E-state index contributed by atoms with van der Waals surface area (Å²) in [6.45, 7) is 7.31. The first kappa shape index (κ1) is 23.1. The van der Waals surface area contributed by atoms with E-state index in [4.69, 9.17) is 14.7 Å². The molecule has 1 atom stereocenters. The van der Waals surface area contributed by atoms with Crippen LogP contribution in [0.3, 0.4) is 0 Å². The van der Waals surface area contributed by atoms with Gasteiger partial charge in [0.15, 0.2) is 0 Å². The van der Waals surface area contributed by atoms with Gasteiger partial charge in [-0.2, -0.15) is 0 Å². The molecule has 1 fully saturated rings. The van der Waals surface area contributed by atoms with Gasteiger partial charge in [0.25, 0.3) is 5.91 Å². The number of ether oxygens (including phenoxy) is 1. The minimum Gasteiger partial charge on any atom is -0.496 e. The van der Waals surface area contributed by atoms with Crippen molar-refractivity contribution in [2.24, 2.45) is 0 Å². The maximum absolute atomic E-state index is 13.2. The van der Waals surface area contributed by atoms with E-state index in [1.807, 2.05) is 40.5 Å². The predicted octanol–water partition coefficient (Wildman–Crippen LogP) is 5.44. The van der Waals surface area contributed by atoms with Crippen LogP contribution >= 0.6 is 11.3 Å². The van der Waals surface area contributed by atoms with Crippen molar-refractivity contribution in [3.05, 3.63) is 46.1 Å². The molecule has 0 N–H and O–H groups in total. The Morgan fingerprint density at radius 2 is 1.85 bits per heavy atom. The molecule has 0 saturated carbocycles. The van der Waals surface area contributed by atoms with Gasteiger partial charge in [-0.15, -0.1) is 11.3 Å². The van der Waals surface area contributed by atoms with E-state index >= 15 is 0 Å². The van der Waals surface area contributed by atoms with Crippen LogP contribution in [0.5, 0.6) is 5.75 Å². The Balaban J connectivity index is 1.45. The van der Waals surface area contributed by atoms with Crippen molar-refractivity contribution in [2.45, 2.75) is 58.3 Å². The molecule has 3 heterocycles. The first-order chi connectivity index (χ1) is 16.6. The van der Waals surface area contributed by atoms with Crippen LogP contribution in [-0.4, -0.2) is 54.1 Å². The fourth-order valence-corrected chi connectivity index (χ4v) is 6.34. The van der Waals surface area contributed by atoms with E-state index in [1.54, 1.807) is 7.11 Å². The van der Waals surface area contributed by atoms with Gasteiger partial charge < -0.3 is 14.5 Å². The molecule has 1 saturated heterocycles. The van der Waals surface area contributed by atoms with Gasteiger partial charge in [-0.25, -0.2) is 9.97 Å². The monoisotopic (exact) mass is 478 g/mol. The molecule has 2 aromatic heterocycles. The average Bonchev–Trinajstić information content (AvgIpc) is 3.07. The number of carbonyl (C=O) groups is 1. The summed E-state index contributed by atoms with van der Waals surface area (Å²) in [6, 6.07) is 7.48. The third-order valence-corrected chi connectivity index (χ3v) is 8.51. The molecule has 3 aromatic rings. The standard InChI is InChI=1S/C27H34N4O2S/c1-4-18(2)24-28-25(23-20-11-6-5-7-13-22(20)34-26(23)29-24)30-14-16-31(17-15-30)27(32)19-10-8-9-12-21(19)33-3/h8-10,12,18H,4-7,11,13-17H2,1-3H3/t18-/m0/s1. The summed E-state index contributed by atoms with van der Waals surface area (Å²) in [4.78, 5) is 30.4. The fourth-order valence-electron chi connectivity index (χ4n) is 5.08. The van der Waals surface area contributed by atoms with Gasteiger partial charge in [-0.3, -0.25) is 4.79 Å². The molecular formula is C27H34N4O2S. The number of amides is 1. The average molecular weight is 479 g/mol. The fraction of sp³-hybridized carbons (Fsp3) is 0.519. The highest BCUT2D eigenvalue weighted by molar-refractivity contribution is 7.19. The summed E-state index contributed by atoms with van der Waals surface area (Å²) in [6.07, 6.45) is 7.12. The van der Waals surface area contributed by atoms with Crippen LogP contribution in [0, 0.1) is 0 Å². The molecule has 6 nitrogen and oxygen atoms in total. The molecular weight excluding hydrogens is 444 g/mol. The minimum absolute atomic E-state index is 0.0367. The molecule has 5 rings (SSSR count). The van der Waals surface area contributed by atoms with Gasteiger partial charge in [0, 0.05) is 37.0 Å². The number of rotatable bonds is 5. The summed E-state index contributed by atoms with van der Waals surface area (Å²) < 4.78 is 5.42. The smallest absolute Gasteiger partial charge is 0.257 e. The third-order valence-electron chi connectivity index (χ3n) is 7.32. The number of nitrogens with zero attached hydrogens (tertiary/aromatic N) is 4. The van der Waals surface area contributed by atoms with E-state index in [0.717, 1.165) is 48.8 Å². The van der Waals surface area contributed by atoms with Gasteiger partial charge in [0.2, 0.25) is 0 Å². The van der Waals surface area contributed by atoms with Crippen molar-refractivity contribution in [1.82, 2.24) is 14.9 Å². The van der Waals surface area contributed by atoms with E-state index in [9.17, 15) is 4.79 Å². The van der Waals surface area contributed by atoms with Crippen LogP contribution in [-0.2, 0) is 12.8 Å². The third kappa shape index (κ3) is 4.26. The maximum atomic E-state index is 13.2. The number of piperazine rings is 1. The van der Waals surface area contributed by atoms with Crippen molar-refractivity contribution in [1.29, 1.82) is 0 Å². The second-order valence-corrected chi connectivity index (χ2v) is 10.5. The quantitative estimate of drug-likeness (QED) is 0.457. The second-order valence-electron chi connectivity index (χ2n) is 9.44. The van der Waals surface area contributed by atoms with Crippen molar-refractivity contribution < 1.29 is 9.53 Å². The van der Waals surface area contributed by atoms with Crippen molar-refractivity contribution >= 4 is 33.3 Å². The van der Waals surface area contributed by atoms with E-state index in [0.29, 0.717) is 30.3 Å². The van der Waals surface area contributed by atoms with Gasteiger partial charge in [-0.05, 0) is 49.8 Å². The minimum atomic E-state index is 0.0367. The van der Waals surface area contributed by atoms with E-state index in [2.05, 4.69) is 18.7 Å². The maximum Gasteiger partial charge on any atom is 0.257 e. The van der Waals surface area contributed by atoms with Crippen LogP contribution in [0.2, 0.25) is 0 Å². The Hall–Kier alpha value is -2.67. The highest BCUT2D eigenvalue weighted by Gasteiger charge is 2.29. The Morgan fingerprint density at radius 3 is 2.62 bits per heavy atom. The first-order valence-electron chi connectivity index (χ1n) is 12.6. The lowest BCUT2D eigenvalue weighted by atomic mass is 10.1. The Morgan fingerprint density at radius 1 is 1.09 bits per heavy atom. The Kier molecular flexibility index (Phi) is 6.73. The summed E-state index contributed by atoms with van der Waals surface area (Å²) in [5.41, 5.74) is 2.11. The number of methoxy groups -OCH3 is 1. The van der Waals surface area contributed by atoms with Crippen molar-refractivity contribution in [2.75, 3.05) is 38.2 Å². The van der Waals surface area contributed by atoms with E-state index < -0.39 is 0 Å². The highest BCUT2D eigenvalue weighted by Crippen LogP contribution is 2.40. The number of carbonyl (C=O) groups excluding carboxylic acids is 1. The van der Waals surface area contributed by atoms with Crippen molar-refractivity contribution in [3.8, 4) is 5.75 Å². The number of hydrogen-bond donors (Lipinski definition) is 0. The van der Waals surface area contributed by atoms with Crippen LogP contribution in [0.15, 0.2) is 24.3 Å². The zero-order valence-electron chi connectivity index (χ0n) is 20.5. The number of thiophene rings is 1. The number of benzene rings is 1. The lowest BCUT2D eigenvalue weighted by molar-refractivity contribution is 0.0743. The molecule has 7 heteroatoms. The SMILES string of the molecule is CC[C@H](C)c1nc(N2CCN(C(=O)c3ccccc3OC)CC2)c2c3c(sc2n1)CCCCC3. The summed E-state index contributed by atoms with van der Waals surface area (Å²) in [7, 11) is 1.61. The number of anilines is 1. The number of fused-ring (bicyclic) bond motifs is 3. The molecule has 2 aliphatic rings. The van der Waals surface area contributed by atoms with E-state index in [-0.39, 0.29) is 5.91 Å². The summed E-state index contributed by atoms with van der Waals surface area (Å²) in [5, 5.41) is 1.28. The van der Waals surface area contributed by atoms with Crippen LogP contribution in [0.1, 0.15) is 72.1 Å². The molecule has 0 unspecified atom stereocenters. The van der Waals surface area contributed by atoms with Gasteiger partial charge in [-0.1, -0.05) is 32.4 Å². The number of aromatic nitrogens is 2. The predicted molar refractivity (Wildman–Crippen MR) is 138 cm³/mol. The summed E-state index contributed by atoms with van der Waals surface area (Å²) in [5.74, 6) is 3.04. The molecule has 0 bridgehead atoms. The molecule has 1 aliphatic heterocycles. The van der Waals surface area contributed by atoms with Crippen molar-refractivity contribution in [3.63, 3.8) is 0 Å². The molecule has 1 amide bonds. The normalized spacial score (nSPS) is 17.4.